The molecule has 0 heterocycles. The Kier molecular flexibility index (Phi) is 14.3. The van der Waals surface area contributed by atoms with Crippen molar-refractivity contribution < 1.29 is 71.6 Å². The van der Waals surface area contributed by atoms with E-state index in [1.54, 1.807) is 33.8 Å². The minimum Gasteiger partial charge on any atom is -0.872 e. The average Bonchev–Trinajstić information content (AvgIpc) is 3.02. The number of hydrogen-bond donors (Lipinski definition) is 0. The van der Waals surface area contributed by atoms with Crippen LogP contribution in [0.2, 0.25) is 0 Å². The number of para-hydroxylation sites is 3. The van der Waals surface area contributed by atoms with E-state index in [0.717, 1.165) is 16.7 Å². The topological polar surface area (TPSA) is 125 Å². The van der Waals surface area contributed by atoms with Crippen LogP contribution < -0.4 is 53.5 Å². The number of benzene rings is 4. The summed E-state index contributed by atoms with van der Waals surface area (Å²) in [7, 11) is -8.02. The van der Waals surface area contributed by atoms with Gasteiger partial charge in [-0.05, 0) is 45.2 Å². The summed E-state index contributed by atoms with van der Waals surface area (Å²) in [6.07, 6.45) is 1.35. The third-order valence-electron chi connectivity index (χ3n) is 7.63. The molecule has 0 N–H and O–H groups in total. The molecule has 0 radical (unpaired) electrons. The average molecular weight is 703 g/mol. The van der Waals surface area contributed by atoms with Crippen molar-refractivity contribution in [2.24, 2.45) is 0 Å². The fourth-order valence-corrected chi connectivity index (χ4v) is 8.26. The van der Waals surface area contributed by atoms with Crippen molar-refractivity contribution in [3.8, 4) is 17.2 Å². The first-order valence-electron chi connectivity index (χ1n) is 15.9. The first kappa shape index (κ1) is 38.7. The van der Waals surface area contributed by atoms with Gasteiger partial charge in [-0.15, -0.1) is 5.75 Å². The molecule has 0 saturated carbocycles. The second-order valence-corrected chi connectivity index (χ2v) is 14.2. The Hall–Kier alpha value is -2.10. The molecule has 0 aromatic heterocycles. The van der Waals surface area contributed by atoms with Crippen molar-refractivity contribution in [2.75, 3.05) is 26.4 Å². The van der Waals surface area contributed by atoms with Crippen molar-refractivity contribution in [1.29, 1.82) is 0 Å². The molecule has 4 aromatic rings. The van der Waals surface area contributed by atoms with Crippen LogP contribution >= 0.6 is 16.3 Å². The van der Waals surface area contributed by atoms with Gasteiger partial charge in [-0.3, -0.25) is 9.05 Å². The van der Waals surface area contributed by atoms with Crippen molar-refractivity contribution in [3.63, 3.8) is 0 Å². The molecule has 0 unspecified atom stereocenters. The van der Waals surface area contributed by atoms with E-state index in [9.17, 15) is 14.9 Å². The molecule has 8 bridgehead atoms. The van der Waals surface area contributed by atoms with Gasteiger partial charge in [0, 0.05) is 41.5 Å². The third-order valence-corrected chi connectivity index (χ3v) is 10.7. The Balaban J connectivity index is 0.00000520. The van der Waals surface area contributed by atoms with E-state index in [1.165, 1.54) is 0 Å². The van der Waals surface area contributed by atoms with Crippen LogP contribution in [0.5, 0.6) is 17.2 Å². The second-order valence-electron chi connectivity index (χ2n) is 11.0. The first-order chi connectivity index (χ1) is 22.7. The van der Waals surface area contributed by atoms with E-state index in [0.29, 0.717) is 46.4 Å². The number of hydrogen-bond acceptors (Lipinski definition) is 9. The van der Waals surface area contributed by atoms with Gasteiger partial charge in [0.25, 0.3) is 0 Å². The zero-order valence-corrected chi connectivity index (χ0v) is 32.0. The maximum atomic E-state index is 13.8. The summed E-state index contributed by atoms with van der Waals surface area (Å²) >= 11 is 0. The maximum absolute atomic E-state index is 13.8. The van der Waals surface area contributed by atoms with E-state index >= 15 is 0 Å². The molecular weight excluding hydrogens is 661 g/mol. The fourth-order valence-electron chi connectivity index (χ4n) is 5.72. The van der Waals surface area contributed by atoms with Gasteiger partial charge in [-0.2, -0.15) is 18.1 Å². The molecule has 1 aliphatic carbocycles. The van der Waals surface area contributed by atoms with E-state index in [4.69, 9.17) is 27.1 Å². The predicted octanol–water partition coefficient (Wildman–Crippen LogP) is 3.42. The van der Waals surface area contributed by atoms with Gasteiger partial charge in [0.2, 0.25) is 0 Å². The summed E-state index contributed by atoms with van der Waals surface area (Å²) in [5.74, 6) is 0.605. The van der Waals surface area contributed by atoms with Crippen LogP contribution in [0.15, 0.2) is 78.9 Å². The van der Waals surface area contributed by atoms with Crippen LogP contribution in [0.3, 0.4) is 0 Å². The summed E-state index contributed by atoms with van der Waals surface area (Å²) < 4.78 is 34.6. The van der Waals surface area contributed by atoms with Crippen molar-refractivity contribution in [2.45, 2.75) is 53.4 Å². The third kappa shape index (κ3) is 9.57. The van der Waals surface area contributed by atoms with Gasteiger partial charge in [0.05, 0.1) is 26.4 Å². The molecule has 9 nitrogen and oxygen atoms in total. The number of phosphoric ester groups is 2. The molecule has 0 amide bonds. The zero-order chi connectivity index (χ0) is 33.4. The minimum atomic E-state index is -4.04. The molecule has 5 rings (SSSR count). The van der Waals surface area contributed by atoms with Crippen molar-refractivity contribution >= 4 is 16.3 Å². The smallest absolute Gasteiger partial charge is 0.872 e. The number of phosphoric acid groups is 2. The molecule has 12 heteroatoms. The van der Waals surface area contributed by atoms with Gasteiger partial charge in [-0.1, -0.05) is 90.0 Å². The monoisotopic (exact) mass is 702 g/mol. The Morgan fingerprint density at radius 3 is 1.23 bits per heavy atom. The van der Waals surface area contributed by atoms with Crippen LogP contribution in [0.1, 0.15) is 72.2 Å². The van der Waals surface area contributed by atoms with E-state index in [-0.39, 0.29) is 80.3 Å². The SMILES string of the molecule is CCO[P+]([O-])(OCC)Oc1c2cccc1Cc1cccc(c1O[P+]([O-])(OCC)OCC)Cc1cccc(c1[O-])Cc1cccc(c1)C2.[Na+]. The molecule has 0 aliphatic heterocycles. The van der Waals surface area contributed by atoms with Crippen LogP contribution in [-0.2, 0) is 43.8 Å². The van der Waals surface area contributed by atoms with Gasteiger partial charge >= 0.3 is 45.9 Å². The van der Waals surface area contributed by atoms with E-state index in [2.05, 4.69) is 6.07 Å². The van der Waals surface area contributed by atoms with Gasteiger partial charge in [-0.25, -0.2) is 0 Å². The second kappa shape index (κ2) is 17.7. The van der Waals surface area contributed by atoms with Gasteiger partial charge < -0.3 is 14.9 Å². The Morgan fingerprint density at radius 2 is 0.812 bits per heavy atom. The number of fused-ring (bicyclic) bond motifs is 8. The molecule has 0 saturated heterocycles. The summed E-state index contributed by atoms with van der Waals surface area (Å²) in [5.41, 5.74) is 5.95. The van der Waals surface area contributed by atoms with Crippen LogP contribution in [0.25, 0.3) is 0 Å². The summed E-state index contributed by atoms with van der Waals surface area (Å²) in [6.45, 7) is 7.33. The summed E-state index contributed by atoms with van der Waals surface area (Å²) in [4.78, 5) is 27.5. The predicted molar refractivity (Wildman–Crippen MR) is 178 cm³/mol. The fraction of sp³-hybridized carbons (Fsp3) is 0.333. The van der Waals surface area contributed by atoms with Gasteiger partial charge in [0.15, 0.2) is 11.5 Å². The maximum Gasteiger partial charge on any atom is 1.00 e. The standard InChI is InChI=1S/C36H42O9P2.Na/c1-5-40-46(38,41-6-2)44-35-30-17-11-19-32(35)25-33-20-12-18-31(36(33)45-47(39,42-7-3)43-8-4)24-29-16-10-15-28(34(29)37)22-26-13-9-14-27(21-26)23-30;/h9-21,37H,5-8,22-25H2,1-4H3;/q;+1/p-1. The molecule has 0 spiro atoms. The van der Waals surface area contributed by atoms with E-state index in [1.807, 2.05) is 66.7 Å². The quantitative estimate of drug-likeness (QED) is 0.142. The first-order valence-corrected chi connectivity index (χ1v) is 18.9. The Morgan fingerprint density at radius 1 is 0.500 bits per heavy atom. The molecule has 0 fully saturated rings. The Bertz CT molecular complexity index is 1660. The molecule has 0 atom stereocenters. The molecule has 1 aliphatic rings. The van der Waals surface area contributed by atoms with Crippen LogP contribution in [0.4, 0.5) is 0 Å². The minimum absolute atomic E-state index is 0. The molecule has 250 valence electrons. The van der Waals surface area contributed by atoms with Crippen LogP contribution in [-0.4, -0.2) is 26.4 Å². The Labute approximate surface area is 306 Å². The van der Waals surface area contributed by atoms with Crippen molar-refractivity contribution in [1.82, 2.24) is 0 Å². The normalized spacial score (nSPS) is 13.0. The van der Waals surface area contributed by atoms with Gasteiger partial charge in [0.1, 0.15) is 0 Å². The number of rotatable bonds is 12. The molecule has 48 heavy (non-hydrogen) atoms. The largest absolute Gasteiger partial charge is 1.00 e. The van der Waals surface area contributed by atoms with E-state index < -0.39 is 16.3 Å². The van der Waals surface area contributed by atoms with Crippen molar-refractivity contribution in [3.05, 3.63) is 123 Å². The summed E-state index contributed by atoms with van der Waals surface area (Å²) in [6, 6.07) is 24.9. The molecule has 4 aromatic carbocycles. The summed E-state index contributed by atoms with van der Waals surface area (Å²) in [5, 5.41) is 13.8. The molecular formula is C36H41NaO9P2. The zero-order valence-electron chi connectivity index (χ0n) is 28.2. The van der Waals surface area contributed by atoms with Crippen LogP contribution in [0, 0.1) is 0 Å².